The lowest BCUT2D eigenvalue weighted by atomic mass is 9.99. The number of benzene rings is 1. The zero-order chi connectivity index (χ0) is 22.1. The van der Waals surface area contributed by atoms with Crippen molar-refractivity contribution in [2.45, 2.75) is 57.3 Å². The van der Waals surface area contributed by atoms with Gasteiger partial charge in [0.1, 0.15) is 6.04 Å². The number of nitrogens with zero attached hydrogens (tertiary/aromatic N) is 3. The van der Waals surface area contributed by atoms with Crippen molar-refractivity contribution in [3.8, 4) is 0 Å². The molecule has 4 heterocycles. The van der Waals surface area contributed by atoms with Crippen LogP contribution in [-0.2, 0) is 11.3 Å². The molecule has 3 atom stereocenters. The molecule has 166 valence electrons. The van der Waals surface area contributed by atoms with Crippen molar-refractivity contribution in [2.75, 3.05) is 11.5 Å². The van der Waals surface area contributed by atoms with E-state index in [1.54, 1.807) is 0 Å². The zero-order valence-corrected chi connectivity index (χ0v) is 19.5. The lowest BCUT2D eigenvalue weighted by molar-refractivity contribution is 0.0961. The Kier molecular flexibility index (Phi) is 5.98. The molecule has 0 bridgehead atoms. The summed E-state index contributed by atoms with van der Waals surface area (Å²) in [4.78, 5) is 6.92. The molecule has 3 aromatic rings. The molecule has 2 saturated heterocycles. The summed E-state index contributed by atoms with van der Waals surface area (Å²) in [6.45, 7) is 6.16. The number of rotatable bonds is 6. The normalized spacial score (nSPS) is 23.2. The molecule has 5 nitrogen and oxygen atoms in total. The van der Waals surface area contributed by atoms with E-state index in [-0.39, 0.29) is 18.2 Å². The van der Waals surface area contributed by atoms with Crippen LogP contribution in [0.4, 0.5) is 5.69 Å². The van der Waals surface area contributed by atoms with Crippen LogP contribution in [0.25, 0.3) is 0 Å². The molecule has 2 aliphatic heterocycles. The number of aromatic nitrogens is 2. The quantitative estimate of drug-likeness (QED) is 0.516. The topological polar surface area (TPSA) is 42.3 Å². The Hall–Kier alpha value is -2.70. The minimum Gasteiger partial charge on any atom is -0.376 e. The molecule has 0 radical (unpaired) electrons. The first-order valence-electron chi connectivity index (χ1n) is 11.5. The van der Waals surface area contributed by atoms with Crippen molar-refractivity contribution < 1.29 is 4.74 Å². The van der Waals surface area contributed by atoms with Crippen molar-refractivity contribution >= 4 is 23.0 Å². The molecule has 32 heavy (non-hydrogen) atoms. The summed E-state index contributed by atoms with van der Waals surface area (Å²) in [5.74, 6) is 0.494. The van der Waals surface area contributed by atoms with Gasteiger partial charge in [-0.1, -0.05) is 32.0 Å². The van der Waals surface area contributed by atoms with Crippen LogP contribution in [0.15, 0.2) is 67.0 Å². The maximum atomic E-state index is 5.94. The van der Waals surface area contributed by atoms with Crippen molar-refractivity contribution in [1.82, 2.24) is 14.9 Å². The van der Waals surface area contributed by atoms with Gasteiger partial charge in [-0.05, 0) is 72.9 Å². The Morgan fingerprint density at radius 3 is 2.66 bits per heavy atom. The van der Waals surface area contributed by atoms with Gasteiger partial charge < -0.3 is 19.5 Å². The second kappa shape index (κ2) is 9.04. The van der Waals surface area contributed by atoms with Crippen LogP contribution in [0.1, 0.15) is 61.6 Å². The van der Waals surface area contributed by atoms with Crippen molar-refractivity contribution in [1.29, 1.82) is 0 Å². The molecule has 1 N–H and O–H groups in total. The van der Waals surface area contributed by atoms with Crippen LogP contribution < -0.4 is 10.2 Å². The summed E-state index contributed by atoms with van der Waals surface area (Å²) in [6, 6.07) is 19.1. The van der Waals surface area contributed by atoms with E-state index in [9.17, 15) is 0 Å². The fourth-order valence-corrected chi connectivity index (χ4v) is 5.17. The number of ether oxygens (including phenoxy) is 1. The first-order chi connectivity index (χ1) is 15.6. The summed E-state index contributed by atoms with van der Waals surface area (Å²) in [7, 11) is 0. The third kappa shape index (κ3) is 4.05. The van der Waals surface area contributed by atoms with Crippen LogP contribution in [0.3, 0.4) is 0 Å². The highest BCUT2D eigenvalue weighted by Crippen LogP contribution is 2.42. The summed E-state index contributed by atoms with van der Waals surface area (Å²) in [5.41, 5.74) is 4.63. The first kappa shape index (κ1) is 21.2. The number of anilines is 1. The van der Waals surface area contributed by atoms with Crippen molar-refractivity contribution in [2.24, 2.45) is 0 Å². The average molecular weight is 447 g/mol. The Bertz CT molecular complexity index is 1060. The molecule has 1 aromatic carbocycles. The molecule has 0 saturated carbocycles. The van der Waals surface area contributed by atoms with Gasteiger partial charge in [-0.25, -0.2) is 0 Å². The summed E-state index contributed by atoms with van der Waals surface area (Å²) < 4.78 is 8.27. The van der Waals surface area contributed by atoms with Crippen molar-refractivity contribution in [3.63, 3.8) is 0 Å². The van der Waals surface area contributed by atoms with E-state index < -0.39 is 0 Å². The van der Waals surface area contributed by atoms with E-state index in [1.165, 1.54) is 11.3 Å². The van der Waals surface area contributed by atoms with Crippen LogP contribution in [-0.4, -0.2) is 27.4 Å². The van der Waals surface area contributed by atoms with Crippen molar-refractivity contribution in [3.05, 3.63) is 83.9 Å². The lowest BCUT2D eigenvalue weighted by Gasteiger charge is -2.29. The predicted molar refractivity (Wildman–Crippen MR) is 132 cm³/mol. The van der Waals surface area contributed by atoms with Gasteiger partial charge in [0, 0.05) is 36.9 Å². The molecule has 0 unspecified atom stereocenters. The van der Waals surface area contributed by atoms with Crippen LogP contribution in [0.2, 0.25) is 0 Å². The maximum Gasteiger partial charge on any atom is 0.174 e. The molecule has 0 amide bonds. The third-order valence-corrected chi connectivity index (χ3v) is 6.84. The monoisotopic (exact) mass is 446 g/mol. The second-order valence-electron chi connectivity index (χ2n) is 8.96. The number of pyridine rings is 1. The Balaban J connectivity index is 1.55. The minimum absolute atomic E-state index is 0.00120. The van der Waals surface area contributed by atoms with E-state index in [0.29, 0.717) is 5.92 Å². The lowest BCUT2D eigenvalue weighted by Crippen LogP contribution is -2.31. The third-order valence-electron chi connectivity index (χ3n) is 6.53. The van der Waals surface area contributed by atoms with Gasteiger partial charge in [0.25, 0.3) is 0 Å². The Labute approximate surface area is 195 Å². The molecule has 2 aliphatic rings. The smallest absolute Gasteiger partial charge is 0.174 e. The molecule has 0 aliphatic carbocycles. The molecular formula is C26H30N4OS. The van der Waals surface area contributed by atoms with Gasteiger partial charge in [-0.15, -0.1) is 0 Å². The van der Waals surface area contributed by atoms with E-state index in [2.05, 4.69) is 82.3 Å². The molecule has 6 heteroatoms. The molecule has 0 spiro atoms. The molecule has 2 fully saturated rings. The van der Waals surface area contributed by atoms with Crippen LogP contribution >= 0.6 is 12.2 Å². The summed E-state index contributed by atoms with van der Waals surface area (Å²) in [6.07, 6.45) is 6.54. The van der Waals surface area contributed by atoms with Gasteiger partial charge in [0.05, 0.1) is 17.8 Å². The second-order valence-corrected chi connectivity index (χ2v) is 9.35. The fourth-order valence-electron chi connectivity index (χ4n) is 4.82. The SMILES string of the molecule is CC(C)c1ccc(N2C(=S)N[C@@H](c3ccccn3)[C@H]2c2cccn2C[C@@H]2CCCO2)cc1. The summed E-state index contributed by atoms with van der Waals surface area (Å²) in [5, 5.41) is 4.30. The number of nitrogens with one attached hydrogen (secondary N) is 1. The first-order valence-corrected chi connectivity index (χ1v) is 11.9. The van der Waals surface area contributed by atoms with Crippen LogP contribution in [0.5, 0.6) is 0 Å². The van der Waals surface area contributed by atoms with Gasteiger partial charge in [0.15, 0.2) is 5.11 Å². The molecular weight excluding hydrogens is 416 g/mol. The zero-order valence-electron chi connectivity index (χ0n) is 18.6. The van der Waals surface area contributed by atoms with Gasteiger partial charge >= 0.3 is 0 Å². The van der Waals surface area contributed by atoms with Gasteiger partial charge in [0.2, 0.25) is 0 Å². The van der Waals surface area contributed by atoms with Gasteiger partial charge in [-0.3, -0.25) is 4.98 Å². The number of thiocarbonyl (C=S) groups is 1. The van der Waals surface area contributed by atoms with Crippen LogP contribution in [0, 0.1) is 0 Å². The minimum atomic E-state index is -0.0355. The Morgan fingerprint density at radius 1 is 1.12 bits per heavy atom. The predicted octanol–water partition coefficient (Wildman–Crippen LogP) is 5.36. The standard InChI is InChI=1S/C26H30N4OS/c1-18(2)19-10-12-20(13-11-19)30-25(24(28-26(30)32)22-8-3-4-14-27-22)23-9-5-15-29(23)17-21-7-6-16-31-21/h3-5,8-15,18,21,24-25H,6-7,16-17H2,1-2H3,(H,28,32)/t21-,24-,25+/m0/s1. The summed E-state index contributed by atoms with van der Waals surface area (Å²) >= 11 is 5.87. The number of hydrogen-bond donors (Lipinski definition) is 1. The highest BCUT2D eigenvalue weighted by Gasteiger charge is 2.42. The largest absolute Gasteiger partial charge is 0.376 e. The highest BCUT2D eigenvalue weighted by atomic mass is 32.1. The fraction of sp³-hybridized carbons (Fsp3) is 0.385. The average Bonchev–Trinajstić information content (AvgIpc) is 3.55. The molecule has 5 rings (SSSR count). The number of hydrogen-bond acceptors (Lipinski definition) is 3. The van der Waals surface area contributed by atoms with E-state index in [1.807, 2.05) is 18.3 Å². The van der Waals surface area contributed by atoms with E-state index in [4.69, 9.17) is 17.0 Å². The Morgan fingerprint density at radius 2 is 1.97 bits per heavy atom. The molecule has 2 aromatic heterocycles. The highest BCUT2D eigenvalue weighted by molar-refractivity contribution is 7.80. The van der Waals surface area contributed by atoms with Gasteiger partial charge in [-0.2, -0.15) is 0 Å². The maximum absolute atomic E-state index is 5.94. The van der Waals surface area contributed by atoms with E-state index >= 15 is 0 Å². The van der Waals surface area contributed by atoms with E-state index in [0.717, 1.165) is 42.5 Å².